The Labute approximate surface area is 132 Å². The number of aryl methyl sites for hydroxylation is 1. The number of amides is 1. The van der Waals surface area contributed by atoms with Crippen LogP contribution in [0.15, 0.2) is 46.9 Å². The van der Waals surface area contributed by atoms with Crippen LogP contribution in [-0.4, -0.2) is 17.9 Å². The Balaban J connectivity index is 2.14. The number of carbonyl (C=O) groups is 1. The molecular formula is C16H15BrClNO. The molecule has 0 atom stereocenters. The molecule has 2 rings (SSSR count). The highest BCUT2D eigenvalue weighted by molar-refractivity contribution is 9.10. The first-order valence-electron chi connectivity index (χ1n) is 6.23. The monoisotopic (exact) mass is 351 g/mol. The summed E-state index contributed by atoms with van der Waals surface area (Å²) >= 11 is 9.28. The molecule has 0 aliphatic heterocycles. The maximum atomic E-state index is 12.4. The number of rotatable bonds is 3. The quantitative estimate of drug-likeness (QED) is 0.785. The van der Waals surface area contributed by atoms with Crippen LogP contribution >= 0.6 is 27.5 Å². The van der Waals surface area contributed by atoms with Gasteiger partial charge in [0.05, 0.1) is 5.02 Å². The first kappa shape index (κ1) is 15.1. The summed E-state index contributed by atoms with van der Waals surface area (Å²) in [5.74, 6) is -0.0242. The van der Waals surface area contributed by atoms with E-state index in [4.69, 9.17) is 11.6 Å². The third-order valence-corrected chi connectivity index (χ3v) is 4.23. The van der Waals surface area contributed by atoms with Crippen LogP contribution in [0.1, 0.15) is 21.5 Å². The first-order valence-corrected chi connectivity index (χ1v) is 7.40. The second-order valence-electron chi connectivity index (χ2n) is 4.78. The molecule has 2 nitrogen and oxygen atoms in total. The van der Waals surface area contributed by atoms with Gasteiger partial charge in [0.2, 0.25) is 0 Å². The molecule has 0 aromatic heterocycles. The summed E-state index contributed by atoms with van der Waals surface area (Å²) < 4.78 is 0.731. The van der Waals surface area contributed by atoms with E-state index in [1.807, 2.05) is 25.1 Å². The highest BCUT2D eigenvalue weighted by Gasteiger charge is 2.13. The molecule has 0 aliphatic carbocycles. The minimum atomic E-state index is -0.0242. The third kappa shape index (κ3) is 3.62. The van der Waals surface area contributed by atoms with Gasteiger partial charge in [-0.25, -0.2) is 0 Å². The van der Waals surface area contributed by atoms with E-state index >= 15 is 0 Å². The fourth-order valence-corrected chi connectivity index (χ4v) is 2.50. The molecule has 1 amide bonds. The number of halogens is 2. The van der Waals surface area contributed by atoms with Crippen molar-refractivity contribution in [2.75, 3.05) is 7.05 Å². The van der Waals surface area contributed by atoms with Gasteiger partial charge in [-0.05, 0) is 46.6 Å². The van der Waals surface area contributed by atoms with Crippen LogP contribution in [0.2, 0.25) is 5.02 Å². The summed E-state index contributed by atoms with van der Waals surface area (Å²) in [6.45, 7) is 2.63. The summed E-state index contributed by atoms with van der Waals surface area (Å²) in [4.78, 5) is 14.1. The Morgan fingerprint density at radius 2 is 2.00 bits per heavy atom. The summed E-state index contributed by atoms with van der Waals surface area (Å²) in [7, 11) is 1.80. The summed E-state index contributed by atoms with van der Waals surface area (Å²) in [6.07, 6.45) is 0. The van der Waals surface area contributed by atoms with E-state index in [0.29, 0.717) is 17.1 Å². The Kier molecular flexibility index (Phi) is 4.84. The predicted molar refractivity (Wildman–Crippen MR) is 86.1 cm³/mol. The molecule has 0 aliphatic rings. The Bertz CT molecular complexity index is 642. The average Bonchev–Trinajstić information content (AvgIpc) is 2.41. The Hall–Kier alpha value is -1.32. The molecule has 0 bridgehead atoms. The van der Waals surface area contributed by atoms with Crippen LogP contribution in [0.25, 0.3) is 0 Å². The van der Waals surface area contributed by atoms with Crippen molar-refractivity contribution < 1.29 is 4.79 Å². The lowest BCUT2D eigenvalue weighted by Gasteiger charge is -2.18. The maximum absolute atomic E-state index is 12.4. The maximum Gasteiger partial charge on any atom is 0.253 e. The lowest BCUT2D eigenvalue weighted by Crippen LogP contribution is -2.26. The van der Waals surface area contributed by atoms with Gasteiger partial charge in [-0.3, -0.25) is 4.79 Å². The number of carbonyl (C=O) groups excluding carboxylic acids is 1. The van der Waals surface area contributed by atoms with Crippen molar-refractivity contribution >= 4 is 33.4 Å². The number of benzene rings is 2. The number of hydrogen-bond acceptors (Lipinski definition) is 1. The van der Waals surface area contributed by atoms with E-state index in [0.717, 1.165) is 10.0 Å². The fraction of sp³-hybridized carbons (Fsp3) is 0.188. The fourth-order valence-electron chi connectivity index (χ4n) is 2.01. The summed E-state index contributed by atoms with van der Waals surface area (Å²) in [6, 6.07) is 13.4. The zero-order valence-electron chi connectivity index (χ0n) is 11.4. The van der Waals surface area contributed by atoms with E-state index in [2.05, 4.69) is 22.0 Å². The number of nitrogens with zero attached hydrogens (tertiary/aromatic N) is 1. The second kappa shape index (κ2) is 6.42. The molecule has 0 saturated heterocycles. The largest absolute Gasteiger partial charge is 0.337 e. The van der Waals surface area contributed by atoms with E-state index < -0.39 is 0 Å². The van der Waals surface area contributed by atoms with Crippen molar-refractivity contribution in [3.63, 3.8) is 0 Å². The summed E-state index contributed by atoms with van der Waals surface area (Å²) in [5.41, 5.74) is 2.93. The van der Waals surface area contributed by atoms with E-state index in [1.165, 1.54) is 5.56 Å². The van der Waals surface area contributed by atoms with Crippen molar-refractivity contribution in [1.82, 2.24) is 4.90 Å². The average molecular weight is 353 g/mol. The second-order valence-corrected chi connectivity index (χ2v) is 6.04. The van der Waals surface area contributed by atoms with Crippen LogP contribution in [0.5, 0.6) is 0 Å². The van der Waals surface area contributed by atoms with Crippen molar-refractivity contribution in [2.45, 2.75) is 13.5 Å². The lowest BCUT2D eigenvalue weighted by molar-refractivity contribution is 0.0785. The summed E-state index contributed by atoms with van der Waals surface area (Å²) in [5, 5.41) is 0.600. The van der Waals surface area contributed by atoms with Crippen molar-refractivity contribution in [3.05, 3.63) is 68.7 Å². The van der Waals surface area contributed by atoms with Gasteiger partial charge >= 0.3 is 0 Å². The molecule has 2 aromatic carbocycles. The molecule has 0 spiro atoms. The molecular weight excluding hydrogens is 338 g/mol. The van der Waals surface area contributed by atoms with Gasteiger partial charge in [-0.2, -0.15) is 0 Å². The van der Waals surface area contributed by atoms with E-state index in [9.17, 15) is 4.79 Å². The normalized spacial score (nSPS) is 10.4. The predicted octanol–water partition coefficient (Wildman–Crippen LogP) is 4.68. The van der Waals surface area contributed by atoms with Crippen LogP contribution < -0.4 is 0 Å². The van der Waals surface area contributed by atoms with E-state index in [-0.39, 0.29) is 5.91 Å². The molecule has 20 heavy (non-hydrogen) atoms. The Morgan fingerprint density at radius 3 is 2.65 bits per heavy atom. The van der Waals surface area contributed by atoms with Crippen LogP contribution in [0, 0.1) is 6.92 Å². The first-order chi connectivity index (χ1) is 9.47. The highest BCUT2D eigenvalue weighted by atomic mass is 79.9. The molecule has 104 valence electrons. The molecule has 0 radical (unpaired) electrons. The van der Waals surface area contributed by atoms with Gasteiger partial charge in [0, 0.05) is 23.6 Å². The van der Waals surface area contributed by atoms with E-state index in [1.54, 1.807) is 30.1 Å². The smallest absolute Gasteiger partial charge is 0.253 e. The van der Waals surface area contributed by atoms with Crippen molar-refractivity contribution in [2.24, 2.45) is 0 Å². The minimum Gasteiger partial charge on any atom is -0.337 e. The van der Waals surface area contributed by atoms with Gasteiger partial charge < -0.3 is 4.90 Å². The highest BCUT2D eigenvalue weighted by Crippen LogP contribution is 2.24. The van der Waals surface area contributed by atoms with Crippen LogP contribution in [0.4, 0.5) is 0 Å². The van der Waals surface area contributed by atoms with Gasteiger partial charge in [0.1, 0.15) is 0 Å². The molecule has 0 unspecified atom stereocenters. The molecule has 0 saturated carbocycles. The molecule has 4 heteroatoms. The van der Waals surface area contributed by atoms with Gasteiger partial charge in [-0.1, -0.05) is 41.4 Å². The molecule has 2 aromatic rings. The van der Waals surface area contributed by atoms with Gasteiger partial charge in [0.15, 0.2) is 0 Å². The standard InChI is InChI=1S/C16H15BrClNO/c1-11-4-3-5-12(8-11)10-19(2)16(20)13-6-7-15(18)14(17)9-13/h3-9H,10H2,1-2H3. The van der Waals surface area contributed by atoms with Crippen LogP contribution in [0.3, 0.4) is 0 Å². The lowest BCUT2D eigenvalue weighted by atomic mass is 10.1. The third-order valence-electron chi connectivity index (χ3n) is 3.02. The molecule has 0 N–H and O–H groups in total. The number of hydrogen-bond donors (Lipinski definition) is 0. The Morgan fingerprint density at radius 1 is 1.25 bits per heavy atom. The SMILES string of the molecule is Cc1cccc(CN(C)C(=O)c2ccc(Cl)c(Br)c2)c1. The van der Waals surface area contributed by atoms with Crippen molar-refractivity contribution in [1.29, 1.82) is 0 Å². The van der Waals surface area contributed by atoms with Crippen molar-refractivity contribution in [3.8, 4) is 0 Å². The van der Waals surface area contributed by atoms with Gasteiger partial charge in [-0.15, -0.1) is 0 Å². The zero-order chi connectivity index (χ0) is 14.7. The molecule has 0 heterocycles. The minimum absolute atomic E-state index is 0.0242. The van der Waals surface area contributed by atoms with Gasteiger partial charge in [0.25, 0.3) is 5.91 Å². The molecule has 0 fully saturated rings. The zero-order valence-corrected chi connectivity index (χ0v) is 13.7. The van der Waals surface area contributed by atoms with Crippen LogP contribution in [-0.2, 0) is 6.54 Å². The topological polar surface area (TPSA) is 20.3 Å².